The van der Waals surface area contributed by atoms with Gasteiger partial charge >= 0.3 is 0 Å². The summed E-state index contributed by atoms with van der Waals surface area (Å²) >= 11 is 0. The Morgan fingerprint density at radius 1 is 1.33 bits per heavy atom. The second-order valence-electron chi connectivity index (χ2n) is 4.76. The molecule has 0 aliphatic heterocycles. The standard InChI is InChI=1S/C14H20N2O2/c17-9-8-16(10-12-4-2-1-3-5-12)11-14(18)15-13-6-7-13/h1-5,13,17H,6-11H2,(H,15,18). The summed E-state index contributed by atoms with van der Waals surface area (Å²) in [5.74, 6) is 0.0573. The molecule has 98 valence electrons. The van der Waals surface area contributed by atoms with Crippen LogP contribution in [0.3, 0.4) is 0 Å². The highest BCUT2D eigenvalue weighted by atomic mass is 16.3. The van der Waals surface area contributed by atoms with Crippen molar-refractivity contribution >= 4 is 5.91 Å². The molecule has 1 amide bonds. The van der Waals surface area contributed by atoms with Crippen LogP contribution in [0, 0.1) is 0 Å². The molecule has 1 aliphatic rings. The molecule has 4 nitrogen and oxygen atoms in total. The third-order valence-corrected chi connectivity index (χ3v) is 2.97. The molecule has 0 heterocycles. The number of nitrogens with zero attached hydrogens (tertiary/aromatic N) is 1. The van der Waals surface area contributed by atoms with Crippen molar-refractivity contribution in [3.8, 4) is 0 Å². The Hall–Kier alpha value is -1.39. The molecule has 0 aromatic heterocycles. The molecule has 4 heteroatoms. The van der Waals surface area contributed by atoms with E-state index in [2.05, 4.69) is 5.32 Å². The molecule has 2 rings (SSSR count). The van der Waals surface area contributed by atoms with E-state index < -0.39 is 0 Å². The highest BCUT2D eigenvalue weighted by Crippen LogP contribution is 2.18. The van der Waals surface area contributed by atoms with Gasteiger partial charge in [-0.1, -0.05) is 30.3 Å². The zero-order chi connectivity index (χ0) is 12.8. The van der Waals surface area contributed by atoms with Crippen molar-refractivity contribution in [3.05, 3.63) is 35.9 Å². The van der Waals surface area contributed by atoms with Gasteiger partial charge in [0.2, 0.25) is 5.91 Å². The van der Waals surface area contributed by atoms with Gasteiger partial charge in [-0.2, -0.15) is 0 Å². The van der Waals surface area contributed by atoms with E-state index >= 15 is 0 Å². The van der Waals surface area contributed by atoms with Gasteiger partial charge in [0.05, 0.1) is 13.2 Å². The summed E-state index contributed by atoms with van der Waals surface area (Å²) in [4.78, 5) is 13.7. The van der Waals surface area contributed by atoms with E-state index in [4.69, 9.17) is 5.11 Å². The van der Waals surface area contributed by atoms with Crippen LogP contribution in [-0.4, -0.2) is 41.7 Å². The fourth-order valence-electron chi connectivity index (χ4n) is 1.90. The van der Waals surface area contributed by atoms with E-state index in [0.29, 0.717) is 25.7 Å². The molecule has 1 fully saturated rings. The smallest absolute Gasteiger partial charge is 0.234 e. The van der Waals surface area contributed by atoms with Crippen molar-refractivity contribution in [3.63, 3.8) is 0 Å². The number of carbonyl (C=O) groups excluding carboxylic acids is 1. The van der Waals surface area contributed by atoms with Gasteiger partial charge in [0.1, 0.15) is 0 Å². The molecule has 1 aromatic rings. The van der Waals surface area contributed by atoms with E-state index in [1.807, 2.05) is 35.2 Å². The average Bonchev–Trinajstić information content (AvgIpc) is 3.14. The van der Waals surface area contributed by atoms with Gasteiger partial charge in [-0.15, -0.1) is 0 Å². The van der Waals surface area contributed by atoms with Gasteiger partial charge < -0.3 is 10.4 Å². The topological polar surface area (TPSA) is 52.6 Å². The van der Waals surface area contributed by atoms with Crippen LogP contribution >= 0.6 is 0 Å². The predicted molar refractivity (Wildman–Crippen MR) is 70.0 cm³/mol. The van der Waals surface area contributed by atoms with Gasteiger partial charge in [-0.3, -0.25) is 9.69 Å². The Balaban J connectivity index is 1.84. The lowest BCUT2D eigenvalue weighted by Crippen LogP contribution is -2.39. The number of amides is 1. The molecule has 0 bridgehead atoms. The van der Waals surface area contributed by atoms with E-state index in [-0.39, 0.29) is 12.5 Å². The first kappa shape index (κ1) is 13.1. The fourth-order valence-corrected chi connectivity index (χ4v) is 1.90. The second kappa shape index (κ2) is 6.52. The molecule has 0 unspecified atom stereocenters. The van der Waals surface area contributed by atoms with Crippen molar-refractivity contribution < 1.29 is 9.90 Å². The molecule has 0 atom stereocenters. The summed E-state index contributed by atoms with van der Waals surface area (Å²) in [6, 6.07) is 10.4. The van der Waals surface area contributed by atoms with E-state index in [0.717, 1.165) is 18.4 Å². The number of rotatable bonds is 7. The first-order chi connectivity index (χ1) is 8.78. The van der Waals surface area contributed by atoms with Gasteiger partial charge in [-0.05, 0) is 18.4 Å². The van der Waals surface area contributed by atoms with Crippen molar-refractivity contribution in [2.24, 2.45) is 0 Å². The molecule has 1 aromatic carbocycles. The second-order valence-corrected chi connectivity index (χ2v) is 4.76. The molecular formula is C14H20N2O2. The highest BCUT2D eigenvalue weighted by Gasteiger charge is 2.23. The van der Waals surface area contributed by atoms with E-state index in [1.165, 1.54) is 0 Å². The van der Waals surface area contributed by atoms with Crippen LogP contribution in [-0.2, 0) is 11.3 Å². The number of hydrogen-bond acceptors (Lipinski definition) is 3. The van der Waals surface area contributed by atoms with Crippen LogP contribution in [0.4, 0.5) is 0 Å². The van der Waals surface area contributed by atoms with Gasteiger partial charge in [0.25, 0.3) is 0 Å². The van der Waals surface area contributed by atoms with Crippen LogP contribution in [0.2, 0.25) is 0 Å². The molecule has 0 saturated heterocycles. The maximum Gasteiger partial charge on any atom is 0.234 e. The lowest BCUT2D eigenvalue weighted by Gasteiger charge is -2.20. The van der Waals surface area contributed by atoms with E-state index in [1.54, 1.807) is 0 Å². The van der Waals surface area contributed by atoms with Crippen molar-refractivity contribution in [1.82, 2.24) is 10.2 Å². The lowest BCUT2D eigenvalue weighted by atomic mass is 10.2. The molecule has 18 heavy (non-hydrogen) atoms. The van der Waals surface area contributed by atoms with Crippen LogP contribution in [0.15, 0.2) is 30.3 Å². The van der Waals surface area contributed by atoms with E-state index in [9.17, 15) is 4.79 Å². The fraction of sp³-hybridized carbons (Fsp3) is 0.500. The van der Waals surface area contributed by atoms with Crippen molar-refractivity contribution in [2.45, 2.75) is 25.4 Å². The normalized spacial score (nSPS) is 14.8. The Labute approximate surface area is 108 Å². The first-order valence-corrected chi connectivity index (χ1v) is 6.44. The van der Waals surface area contributed by atoms with Gasteiger partial charge in [0, 0.05) is 19.1 Å². The lowest BCUT2D eigenvalue weighted by molar-refractivity contribution is -0.122. The average molecular weight is 248 g/mol. The maximum atomic E-state index is 11.7. The molecule has 1 saturated carbocycles. The molecule has 2 N–H and O–H groups in total. The summed E-state index contributed by atoms with van der Waals surface area (Å²) < 4.78 is 0. The SMILES string of the molecule is O=C(CN(CCO)Cc1ccccc1)NC1CC1. The number of aliphatic hydroxyl groups is 1. The summed E-state index contributed by atoms with van der Waals surface area (Å²) in [6.45, 7) is 1.64. The third kappa shape index (κ3) is 4.47. The summed E-state index contributed by atoms with van der Waals surface area (Å²) in [6.07, 6.45) is 2.20. The van der Waals surface area contributed by atoms with Crippen LogP contribution in [0.5, 0.6) is 0 Å². The molecule has 1 aliphatic carbocycles. The highest BCUT2D eigenvalue weighted by molar-refractivity contribution is 5.78. The Bertz CT molecular complexity index is 377. The monoisotopic (exact) mass is 248 g/mol. The first-order valence-electron chi connectivity index (χ1n) is 6.44. The van der Waals surface area contributed by atoms with Crippen LogP contribution < -0.4 is 5.32 Å². The van der Waals surface area contributed by atoms with Crippen LogP contribution in [0.1, 0.15) is 18.4 Å². The molecule has 0 radical (unpaired) electrons. The minimum atomic E-state index is 0.0573. The number of carbonyl (C=O) groups is 1. The number of benzene rings is 1. The maximum absolute atomic E-state index is 11.7. The van der Waals surface area contributed by atoms with Gasteiger partial charge in [0.15, 0.2) is 0 Å². The summed E-state index contributed by atoms with van der Waals surface area (Å²) in [5.41, 5.74) is 1.16. The zero-order valence-electron chi connectivity index (χ0n) is 10.5. The Kier molecular flexibility index (Phi) is 4.73. The quantitative estimate of drug-likeness (QED) is 0.749. The van der Waals surface area contributed by atoms with Crippen molar-refractivity contribution in [1.29, 1.82) is 0 Å². The Morgan fingerprint density at radius 2 is 2.06 bits per heavy atom. The number of nitrogens with one attached hydrogen (secondary N) is 1. The summed E-state index contributed by atoms with van der Waals surface area (Å²) in [5, 5.41) is 12.0. The minimum Gasteiger partial charge on any atom is -0.395 e. The number of hydrogen-bond donors (Lipinski definition) is 2. The minimum absolute atomic E-state index is 0.0573. The molecule has 0 spiro atoms. The predicted octanol–water partition coefficient (Wildman–Crippen LogP) is 0.759. The Morgan fingerprint density at radius 3 is 2.67 bits per heavy atom. The van der Waals surface area contributed by atoms with Gasteiger partial charge in [-0.25, -0.2) is 0 Å². The number of aliphatic hydroxyl groups excluding tert-OH is 1. The third-order valence-electron chi connectivity index (χ3n) is 2.97. The van der Waals surface area contributed by atoms with Crippen LogP contribution in [0.25, 0.3) is 0 Å². The van der Waals surface area contributed by atoms with Crippen molar-refractivity contribution in [2.75, 3.05) is 19.7 Å². The molecular weight excluding hydrogens is 228 g/mol. The largest absolute Gasteiger partial charge is 0.395 e. The zero-order valence-corrected chi connectivity index (χ0v) is 10.5. The summed E-state index contributed by atoms with van der Waals surface area (Å²) in [7, 11) is 0.